The highest BCUT2D eigenvalue weighted by atomic mass is 16.1. The Morgan fingerprint density at radius 3 is 2.46 bits per heavy atom. The first-order valence-electron chi connectivity index (χ1n) is 5.48. The molecule has 0 heterocycles. The minimum absolute atomic E-state index is 0.0633. The van der Waals surface area contributed by atoms with E-state index in [0.29, 0.717) is 12.3 Å². The van der Waals surface area contributed by atoms with Crippen LogP contribution in [0, 0.1) is 5.41 Å². The van der Waals surface area contributed by atoms with E-state index in [9.17, 15) is 4.79 Å². The summed E-state index contributed by atoms with van der Waals surface area (Å²) < 4.78 is 0. The van der Waals surface area contributed by atoms with Crippen LogP contribution in [0.1, 0.15) is 51.9 Å². The van der Waals surface area contributed by atoms with Crippen molar-refractivity contribution in [2.45, 2.75) is 51.9 Å². The molecule has 0 radical (unpaired) electrons. The van der Waals surface area contributed by atoms with Gasteiger partial charge in [0.05, 0.1) is 0 Å². The van der Waals surface area contributed by atoms with Gasteiger partial charge in [-0.3, -0.25) is 4.79 Å². The molecule has 1 rings (SSSR count). The highest BCUT2D eigenvalue weighted by molar-refractivity contribution is 5.87. The maximum Gasteiger partial charge on any atom is 0.140 e. The van der Waals surface area contributed by atoms with E-state index in [4.69, 9.17) is 5.73 Å². The molecule has 1 aliphatic carbocycles. The van der Waals surface area contributed by atoms with Crippen molar-refractivity contribution in [1.29, 1.82) is 0 Å². The van der Waals surface area contributed by atoms with Crippen LogP contribution in [0.4, 0.5) is 0 Å². The Morgan fingerprint density at radius 2 is 2.00 bits per heavy atom. The Balaban J connectivity index is 2.11. The fourth-order valence-electron chi connectivity index (χ4n) is 1.73. The van der Waals surface area contributed by atoms with E-state index in [-0.39, 0.29) is 5.41 Å². The molecule has 0 bridgehead atoms. The molecule has 0 aromatic heterocycles. The number of Topliss-reactive ketones (excluding diaryl/α,β-unsaturated/α-hetero) is 1. The van der Waals surface area contributed by atoms with Crippen LogP contribution in [0.3, 0.4) is 0 Å². The van der Waals surface area contributed by atoms with Crippen molar-refractivity contribution in [3.8, 4) is 0 Å². The summed E-state index contributed by atoms with van der Waals surface area (Å²) in [6.45, 7) is 2.75. The zero-order valence-electron chi connectivity index (χ0n) is 8.64. The van der Waals surface area contributed by atoms with Gasteiger partial charge < -0.3 is 5.73 Å². The van der Waals surface area contributed by atoms with Gasteiger partial charge in [-0.25, -0.2) is 0 Å². The van der Waals surface area contributed by atoms with E-state index < -0.39 is 0 Å². The van der Waals surface area contributed by atoms with Crippen LogP contribution in [0.2, 0.25) is 0 Å². The summed E-state index contributed by atoms with van der Waals surface area (Å²) in [6.07, 6.45) is 7.58. The Kier molecular flexibility index (Phi) is 3.91. The molecule has 1 aliphatic rings. The summed E-state index contributed by atoms with van der Waals surface area (Å²) >= 11 is 0. The molecule has 1 saturated carbocycles. The highest BCUT2D eigenvalue weighted by Gasteiger charge is 2.47. The van der Waals surface area contributed by atoms with Crippen LogP contribution in [0.15, 0.2) is 0 Å². The first kappa shape index (κ1) is 10.7. The topological polar surface area (TPSA) is 43.1 Å². The molecule has 0 aromatic rings. The lowest BCUT2D eigenvalue weighted by Crippen LogP contribution is -2.24. The van der Waals surface area contributed by atoms with E-state index in [1.807, 2.05) is 0 Å². The molecule has 0 atom stereocenters. The van der Waals surface area contributed by atoms with Gasteiger partial charge in [-0.15, -0.1) is 0 Å². The van der Waals surface area contributed by atoms with Crippen molar-refractivity contribution in [2.75, 3.05) is 6.54 Å². The number of rotatable bonds is 7. The number of carbonyl (C=O) groups is 1. The van der Waals surface area contributed by atoms with Gasteiger partial charge >= 0.3 is 0 Å². The summed E-state index contributed by atoms with van der Waals surface area (Å²) in [5.41, 5.74) is 5.52. The molecule has 1 fully saturated rings. The summed E-state index contributed by atoms with van der Waals surface area (Å²) in [5, 5.41) is 0. The molecule has 0 saturated heterocycles. The second kappa shape index (κ2) is 4.75. The lowest BCUT2D eigenvalue weighted by Gasteiger charge is -2.09. The van der Waals surface area contributed by atoms with Crippen LogP contribution < -0.4 is 5.73 Å². The molecule has 0 unspecified atom stereocenters. The number of hydrogen-bond acceptors (Lipinski definition) is 2. The summed E-state index contributed by atoms with van der Waals surface area (Å²) in [7, 11) is 0. The normalized spacial score (nSPS) is 18.6. The maximum absolute atomic E-state index is 11.6. The third-order valence-corrected chi connectivity index (χ3v) is 3.09. The zero-order valence-corrected chi connectivity index (χ0v) is 8.64. The smallest absolute Gasteiger partial charge is 0.140 e. The van der Waals surface area contributed by atoms with E-state index >= 15 is 0 Å². The fourth-order valence-corrected chi connectivity index (χ4v) is 1.73. The minimum Gasteiger partial charge on any atom is -0.329 e. The van der Waals surface area contributed by atoms with Crippen molar-refractivity contribution >= 4 is 5.78 Å². The predicted octanol–water partition coefficient (Wildman–Crippen LogP) is 2.26. The number of nitrogens with two attached hydrogens (primary N) is 1. The summed E-state index contributed by atoms with van der Waals surface area (Å²) in [6, 6.07) is 0. The number of ketones is 1. The monoisotopic (exact) mass is 183 g/mol. The van der Waals surface area contributed by atoms with Crippen molar-refractivity contribution < 1.29 is 4.79 Å². The average Bonchev–Trinajstić information content (AvgIpc) is 2.93. The Bertz CT molecular complexity index is 173. The van der Waals surface area contributed by atoms with Crippen LogP contribution >= 0.6 is 0 Å². The molecule has 2 nitrogen and oxygen atoms in total. The van der Waals surface area contributed by atoms with Gasteiger partial charge in [0.2, 0.25) is 0 Å². The molecule has 0 aliphatic heterocycles. The Morgan fingerprint density at radius 1 is 1.31 bits per heavy atom. The number of unbranched alkanes of at least 4 members (excludes halogenated alkanes) is 3. The highest BCUT2D eigenvalue weighted by Crippen LogP contribution is 2.46. The van der Waals surface area contributed by atoms with Crippen LogP contribution in [0.5, 0.6) is 0 Å². The third-order valence-electron chi connectivity index (χ3n) is 3.09. The molecule has 2 N–H and O–H groups in total. The van der Waals surface area contributed by atoms with Gasteiger partial charge in [0, 0.05) is 18.4 Å². The first-order chi connectivity index (χ1) is 6.25. The Labute approximate surface area is 80.9 Å². The van der Waals surface area contributed by atoms with Crippen molar-refractivity contribution in [3.05, 3.63) is 0 Å². The molecule has 13 heavy (non-hydrogen) atoms. The van der Waals surface area contributed by atoms with Gasteiger partial charge in [-0.2, -0.15) is 0 Å². The predicted molar refractivity (Wildman–Crippen MR) is 54.5 cm³/mol. The summed E-state index contributed by atoms with van der Waals surface area (Å²) in [4.78, 5) is 11.6. The van der Waals surface area contributed by atoms with E-state index in [2.05, 4.69) is 6.92 Å². The lowest BCUT2D eigenvalue weighted by atomic mass is 9.96. The largest absolute Gasteiger partial charge is 0.329 e. The molecule has 0 aromatic carbocycles. The second-order valence-corrected chi connectivity index (χ2v) is 4.22. The van der Waals surface area contributed by atoms with E-state index in [1.54, 1.807) is 0 Å². The minimum atomic E-state index is -0.0633. The summed E-state index contributed by atoms with van der Waals surface area (Å²) in [5.74, 6) is 0.422. The quantitative estimate of drug-likeness (QED) is 0.615. The SMILES string of the molecule is CCCCCCC(=O)C1(CN)CC1. The van der Waals surface area contributed by atoms with Gasteiger partial charge in [-0.1, -0.05) is 26.2 Å². The zero-order chi connectivity index (χ0) is 9.73. The molecule has 2 heteroatoms. The molecule has 0 amide bonds. The van der Waals surface area contributed by atoms with Gasteiger partial charge in [-0.05, 0) is 19.3 Å². The molecular formula is C11H21NO. The molecule has 0 spiro atoms. The van der Waals surface area contributed by atoms with E-state index in [1.165, 1.54) is 19.3 Å². The number of carbonyl (C=O) groups excluding carboxylic acids is 1. The van der Waals surface area contributed by atoms with Gasteiger partial charge in [0.1, 0.15) is 5.78 Å². The van der Waals surface area contributed by atoms with Crippen LogP contribution in [0.25, 0.3) is 0 Å². The van der Waals surface area contributed by atoms with Crippen LogP contribution in [-0.4, -0.2) is 12.3 Å². The lowest BCUT2D eigenvalue weighted by molar-refractivity contribution is -0.123. The fraction of sp³-hybridized carbons (Fsp3) is 0.909. The van der Waals surface area contributed by atoms with Crippen molar-refractivity contribution in [1.82, 2.24) is 0 Å². The first-order valence-corrected chi connectivity index (χ1v) is 5.48. The standard InChI is InChI=1S/C11H21NO/c1-2-3-4-5-6-10(13)11(9-12)7-8-11/h2-9,12H2,1H3. The van der Waals surface area contributed by atoms with E-state index in [0.717, 1.165) is 25.7 Å². The average molecular weight is 183 g/mol. The van der Waals surface area contributed by atoms with Crippen molar-refractivity contribution in [3.63, 3.8) is 0 Å². The molecular weight excluding hydrogens is 162 g/mol. The number of hydrogen-bond donors (Lipinski definition) is 1. The van der Waals surface area contributed by atoms with Crippen LogP contribution in [-0.2, 0) is 4.79 Å². The second-order valence-electron chi connectivity index (χ2n) is 4.22. The van der Waals surface area contributed by atoms with Gasteiger partial charge in [0.15, 0.2) is 0 Å². The van der Waals surface area contributed by atoms with Crippen molar-refractivity contribution in [2.24, 2.45) is 11.1 Å². The van der Waals surface area contributed by atoms with Gasteiger partial charge in [0.25, 0.3) is 0 Å². The molecule has 76 valence electrons. The maximum atomic E-state index is 11.6. The third kappa shape index (κ3) is 2.80. The Hall–Kier alpha value is -0.370.